The second kappa shape index (κ2) is 6.95. The molecule has 106 valence electrons. The van der Waals surface area contributed by atoms with Gasteiger partial charge in [0, 0.05) is 24.8 Å². The molecule has 0 atom stereocenters. The maximum absolute atomic E-state index is 3.47. The summed E-state index contributed by atoms with van der Waals surface area (Å²) in [7, 11) is 0. The van der Waals surface area contributed by atoms with Gasteiger partial charge in [0.25, 0.3) is 0 Å². The molecule has 0 amide bonds. The van der Waals surface area contributed by atoms with Crippen molar-refractivity contribution in [2.24, 2.45) is 0 Å². The summed E-state index contributed by atoms with van der Waals surface area (Å²) in [5.74, 6) is 0. The second-order valence-electron chi connectivity index (χ2n) is 5.84. The Labute approximate surface area is 118 Å². The second-order valence-corrected chi connectivity index (χ2v) is 5.84. The average Bonchev–Trinajstić information content (AvgIpc) is 2.43. The first-order valence-electron chi connectivity index (χ1n) is 7.82. The Bertz CT molecular complexity index is 398. The largest absolute Gasteiger partial charge is 0.369 e. The third-order valence-corrected chi connectivity index (χ3v) is 4.05. The molecular formula is C17H28N2. The number of nitrogens with one attached hydrogen (secondary N) is 1. The van der Waals surface area contributed by atoms with Crippen LogP contribution in [0, 0.1) is 0 Å². The Kier molecular flexibility index (Phi) is 5.26. The van der Waals surface area contributed by atoms with E-state index in [2.05, 4.69) is 49.2 Å². The zero-order chi connectivity index (χ0) is 13.7. The van der Waals surface area contributed by atoms with Gasteiger partial charge in [-0.2, -0.15) is 0 Å². The molecule has 1 aliphatic rings. The van der Waals surface area contributed by atoms with Crippen LogP contribution >= 0.6 is 0 Å². The lowest BCUT2D eigenvalue weighted by Crippen LogP contribution is -2.34. The van der Waals surface area contributed by atoms with Crippen molar-refractivity contribution < 1.29 is 0 Å². The van der Waals surface area contributed by atoms with Crippen LogP contribution in [-0.4, -0.2) is 19.1 Å². The van der Waals surface area contributed by atoms with Crippen LogP contribution in [-0.2, 0) is 13.0 Å². The molecule has 1 aromatic carbocycles. The van der Waals surface area contributed by atoms with E-state index < -0.39 is 0 Å². The van der Waals surface area contributed by atoms with Crippen molar-refractivity contribution >= 4 is 5.69 Å². The van der Waals surface area contributed by atoms with Crippen molar-refractivity contribution in [2.45, 2.75) is 59.0 Å². The average molecular weight is 260 g/mol. The highest BCUT2D eigenvalue weighted by Crippen LogP contribution is 2.28. The van der Waals surface area contributed by atoms with Gasteiger partial charge in [-0.25, -0.2) is 0 Å². The minimum absolute atomic E-state index is 0.582. The van der Waals surface area contributed by atoms with E-state index in [9.17, 15) is 0 Å². The zero-order valence-corrected chi connectivity index (χ0v) is 12.7. The van der Waals surface area contributed by atoms with Gasteiger partial charge in [0.05, 0.1) is 0 Å². The SMILES string of the molecule is CCCCCN(c1cccc2c1CCNC2)C(C)C. The summed E-state index contributed by atoms with van der Waals surface area (Å²) in [6.07, 6.45) is 5.10. The molecule has 0 unspecified atom stereocenters. The lowest BCUT2D eigenvalue weighted by molar-refractivity contribution is 0.609. The molecule has 19 heavy (non-hydrogen) atoms. The van der Waals surface area contributed by atoms with E-state index in [1.165, 1.54) is 43.5 Å². The molecule has 1 aliphatic heterocycles. The molecule has 0 saturated heterocycles. The summed E-state index contributed by atoms with van der Waals surface area (Å²) < 4.78 is 0. The highest BCUT2D eigenvalue weighted by Gasteiger charge is 2.18. The number of hydrogen-bond donors (Lipinski definition) is 1. The summed E-state index contributed by atoms with van der Waals surface area (Å²) in [5, 5.41) is 3.47. The van der Waals surface area contributed by atoms with Crippen molar-refractivity contribution in [3.8, 4) is 0 Å². The molecule has 2 heteroatoms. The topological polar surface area (TPSA) is 15.3 Å². The maximum Gasteiger partial charge on any atom is 0.0404 e. The standard InChI is InChI=1S/C17H28N2/c1-4-5-6-12-19(14(2)3)17-9-7-8-15-13-18-11-10-16(15)17/h7-9,14,18H,4-6,10-13H2,1-3H3. The van der Waals surface area contributed by atoms with E-state index >= 15 is 0 Å². The highest BCUT2D eigenvalue weighted by molar-refractivity contribution is 5.58. The van der Waals surface area contributed by atoms with Gasteiger partial charge < -0.3 is 10.2 Å². The Morgan fingerprint density at radius 1 is 1.26 bits per heavy atom. The monoisotopic (exact) mass is 260 g/mol. The lowest BCUT2D eigenvalue weighted by atomic mass is 9.97. The number of nitrogens with zero attached hydrogens (tertiary/aromatic N) is 1. The van der Waals surface area contributed by atoms with Crippen molar-refractivity contribution in [3.63, 3.8) is 0 Å². The smallest absolute Gasteiger partial charge is 0.0404 e. The first-order chi connectivity index (χ1) is 9.24. The third-order valence-electron chi connectivity index (χ3n) is 4.05. The number of rotatable bonds is 6. The number of fused-ring (bicyclic) bond motifs is 1. The van der Waals surface area contributed by atoms with E-state index in [1.807, 2.05) is 0 Å². The maximum atomic E-state index is 3.47. The van der Waals surface area contributed by atoms with Crippen molar-refractivity contribution in [2.75, 3.05) is 18.0 Å². The lowest BCUT2D eigenvalue weighted by Gasteiger charge is -2.33. The van der Waals surface area contributed by atoms with E-state index in [-0.39, 0.29) is 0 Å². The van der Waals surface area contributed by atoms with E-state index in [0.29, 0.717) is 6.04 Å². The molecular weight excluding hydrogens is 232 g/mol. The molecule has 2 rings (SSSR count). The van der Waals surface area contributed by atoms with Gasteiger partial charge in [0.1, 0.15) is 0 Å². The molecule has 1 heterocycles. The van der Waals surface area contributed by atoms with Crippen LogP contribution in [0.4, 0.5) is 5.69 Å². The zero-order valence-electron chi connectivity index (χ0n) is 12.7. The molecule has 2 nitrogen and oxygen atoms in total. The van der Waals surface area contributed by atoms with Crippen LogP contribution in [0.1, 0.15) is 51.2 Å². The van der Waals surface area contributed by atoms with Crippen LogP contribution in [0.5, 0.6) is 0 Å². The summed E-state index contributed by atoms with van der Waals surface area (Å²) in [4.78, 5) is 2.60. The van der Waals surface area contributed by atoms with E-state index in [4.69, 9.17) is 0 Å². The molecule has 0 aliphatic carbocycles. The van der Waals surface area contributed by atoms with Crippen LogP contribution in [0.25, 0.3) is 0 Å². The van der Waals surface area contributed by atoms with Crippen molar-refractivity contribution in [3.05, 3.63) is 29.3 Å². The summed E-state index contributed by atoms with van der Waals surface area (Å²) in [5.41, 5.74) is 4.54. The van der Waals surface area contributed by atoms with Crippen LogP contribution < -0.4 is 10.2 Å². The van der Waals surface area contributed by atoms with E-state index in [0.717, 1.165) is 13.1 Å². The normalized spacial score (nSPS) is 14.5. The predicted molar refractivity (Wildman–Crippen MR) is 83.9 cm³/mol. The first-order valence-corrected chi connectivity index (χ1v) is 7.82. The third kappa shape index (κ3) is 3.50. The highest BCUT2D eigenvalue weighted by atomic mass is 15.2. The fraction of sp³-hybridized carbons (Fsp3) is 0.647. The number of anilines is 1. The minimum Gasteiger partial charge on any atom is -0.369 e. The van der Waals surface area contributed by atoms with Gasteiger partial charge in [0.2, 0.25) is 0 Å². The molecule has 1 aromatic rings. The Morgan fingerprint density at radius 3 is 2.84 bits per heavy atom. The Hall–Kier alpha value is -1.02. The predicted octanol–water partition coefficient (Wildman–Crippen LogP) is 3.74. The van der Waals surface area contributed by atoms with Crippen molar-refractivity contribution in [1.29, 1.82) is 0 Å². The van der Waals surface area contributed by atoms with Gasteiger partial charge in [0.15, 0.2) is 0 Å². The minimum atomic E-state index is 0.582. The van der Waals surface area contributed by atoms with Crippen LogP contribution in [0.2, 0.25) is 0 Å². The van der Waals surface area contributed by atoms with Crippen LogP contribution in [0.3, 0.4) is 0 Å². The number of unbranched alkanes of at least 4 members (excludes halogenated alkanes) is 2. The van der Waals surface area contributed by atoms with Gasteiger partial charge in [-0.3, -0.25) is 0 Å². The molecule has 0 bridgehead atoms. The Balaban J connectivity index is 2.21. The fourth-order valence-corrected chi connectivity index (χ4v) is 2.97. The first kappa shape index (κ1) is 14.4. The van der Waals surface area contributed by atoms with Crippen LogP contribution in [0.15, 0.2) is 18.2 Å². The Morgan fingerprint density at radius 2 is 2.11 bits per heavy atom. The summed E-state index contributed by atoms with van der Waals surface area (Å²) in [6.45, 7) is 10.2. The van der Waals surface area contributed by atoms with Gasteiger partial charge in [-0.15, -0.1) is 0 Å². The van der Waals surface area contributed by atoms with E-state index in [1.54, 1.807) is 5.56 Å². The molecule has 0 spiro atoms. The van der Waals surface area contributed by atoms with Gasteiger partial charge in [-0.1, -0.05) is 31.9 Å². The summed E-state index contributed by atoms with van der Waals surface area (Å²) in [6, 6.07) is 7.39. The molecule has 0 aromatic heterocycles. The molecule has 0 radical (unpaired) electrons. The molecule has 0 saturated carbocycles. The fourth-order valence-electron chi connectivity index (χ4n) is 2.97. The quantitative estimate of drug-likeness (QED) is 0.784. The number of hydrogen-bond acceptors (Lipinski definition) is 2. The number of benzene rings is 1. The molecule has 1 N–H and O–H groups in total. The van der Waals surface area contributed by atoms with Gasteiger partial charge in [-0.05, 0) is 50.4 Å². The summed E-state index contributed by atoms with van der Waals surface area (Å²) >= 11 is 0. The molecule has 0 fully saturated rings. The van der Waals surface area contributed by atoms with Crippen molar-refractivity contribution in [1.82, 2.24) is 5.32 Å². The van der Waals surface area contributed by atoms with Gasteiger partial charge >= 0.3 is 0 Å².